The van der Waals surface area contributed by atoms with Crippen molar-refractivity contribution in [1.82, 2.24) is 10.2 Å². The highest BCUT2D eigenvalue weighted by molar-refractivity contribution is 5.49. The van der Waals surface area contributed by atoms with Crippen molar-refractivity contribution < 1.29 is 9.53 Å². The van der Waals surface area contributed by atoms with Crippen LogP contribution in [0.5, 0.6) is 0 Å². The first-order valence-corrected chi connectivity index (χ1v) is 6.84. The Morgan fingerprint density at radius 2 is 2.00 bits per heavy atom. The van der Waals surface area contributed by atoms with Crippen LogP contribution >= 0.6 is 0 Å². The molecule has 0 bridgehead atoms. The molecule has 0 saturated carbocycles. The standard InChI is InChI=1S/C15H28N2O2/c1-7-13(4)11-14(17(5)6)15(16-12(2)3)19-10-8-9-18/h9,11-12,16H,7-8,10H2,1-6H3/b13-11+,15-14-. The molecule has 110 valence electrons. The molecule has 0 spiro atoms. The van der Waals surface area contributed by atoms with Crippen molar-refractivity contribution in [1.29, 1.82) is 0 Å². The van der Waals surface area contributed by atoms with Crippen molar-refractivity contribution in [3.8, 4) is 0 Å². The Kier molecular flexibility index (Phi) is 8.75. The number of rotatable bonds is 9. The van der Waals surface area contributed by atoms with Crippen LogP contribution in [0.4, 0.5) is 0 Å². The highest BCUT2D eigenvalue weighted by Crippen LogP contribution is 2.13. The second-order valence-corrected chi connectivity index (χ2v) is 5.06. The summed E-state index contributed by atoms with van der Waals surface area (Å²) in [6, 6.07) is 0.275. The average molecular weight is 268 g/mol. The average Bonchev–Trinajstić information content (AvgIpc) is 2.33. The summed E-state index contributed by atoms with van der Waals surface area (Å²) in [5.41, 5.74) is 2.28. The van der Waals surface area contributed by atoms with Gasteiger partial charge in [0.2, 0.25) is 5.88 Å². The molecule has 0 amide bonds. The molecule has 0 aromatic carbocycles. The van der Waals surface area contributed by atoms with Crippen LogP contribution in [0.2, 0.25) is 0 Å². The van der Waals surface area contributed by atoms with Gasteiger partial charge in [0.25, 0.3) is 0 Å². The second-order valence-electron chi connectivity index (χ2n) is 5.06. The number of ether oxygens (including phenoxy) is 1. The van der Waals surface area contributed by atoms with Gasteiger partial charge < -0.3 is 19.7 Å². The maximum atomic E-state index is 10.4. The number of hydrogen-bond donors (Lipinski definition) is 1. The molecule has 4 nitrogen and oxygen atoms in total. The van der Waals surface area contributed by atoms with E-state index in [0.717, 1.165) is 24.3 Å². The van der Waals surface area contributed by atoms with Gasteiger partial charge in [-0.05, 0) is 33.3 Å². The number of carbonyl (C=O) groups is 1. The Balaban J connectivity index is 5.24. The monoisotopic (exact) mass is 268 g/mol. The van der Waals surface area contributed by atoms with Gasteiger partial charge in [0, 0.05) is 26.6 Å². The largest absolute Gasteiger partial charge is 0.477 e. The van der Waals surface area contributed by atoms with Gasteiger partial charge in [0.05, 0.1) is 12.3 Å². The van der Waals surface area contributed by atoms with Gasteiger partial charge in [-0.2, -0.15) is 0 Å². The van der Waals surface area contributed by atoms with Crippen molar-refractivity contribution in [2.24, 2.45) is 0 Å². The second kappa shape index (κ2) is 9.48. The Morgan fingerprint density at radius 1 is 1.37 bits per heavy atom. The van der Waals surface area contributed by atoms with Crippen molar-refractivity contribution in [2.75, 3.05) is 20.7 Å². The maximum Gasteiger partial charge on any atom is 0.211 e. The van der Waals surface area contributed by atoms with Crippen LogP contribution in [-0.2, 0) is 9.53 Å². The first-order chi connectivity index (χ1) is 8.92. The molecule has 0 rings (SSSR count). The van der Waals surface area contributed by atoms with E-state index in [1.807, 2.05) is 19.0 Å². The molecule has 0 atom stereocenters. The summed E-state index contributed by atoms with van der Waals surface area (Å²) >= 11 is 0. The van der Waals surface area contributed by atoms with Crippen LogP contribution < -0.4 is 5.32 Å². The zero-order valence-electron chi connectivity index (χ0n) is 13.1. The predicted octanol–water partition coefficient (Wildman–Crippen LogP) is 2.68. The minimum atomic E-state index is 0.275. The number of nitrogens with zero attached hydrogens (tertiary/aromatic N) is 1. The zero-order chi connectivity index (χ0) is 14.8. The summed E-state index contributed by atoms with van der Waals surface area (Å²) in [6.45, 7) is 8.75. The lowest BCUT2D eigenvalue weighted by molar-refractivity contribution is -0.108. The molecule has 0 fully saturated rings. The Bertz CT molecular complexity index is 331. The fourth-order valence-electron chi connectivity index (χ4n) is 1.39. The number of aldehydes is 1. The first kappa shape index (κ1) is 17.6. The zero-order valence-corrected chi connectivity index (χ0v) is 13.1. The maximum absolute atomic E-state index is 10.4. The van der Waals surface area contributed by atoms with E-state index < -0.39 is 0 Å². The molecule has 0 heterocycles. The van der Waals surface area contributed by atoms with Gasteiger partial charge in [-0.15, -0.1) is 0 Å². The van der Waals surface area contributed by atoms with Crippen molar-refractivity contribution in [3.63, 3.8) is 0 Å². The van der Waals surface area contributed by atoms with Crippen LogP contribution in [0, 0.1) is 0 Å². The van der Waals surface area contributed by atoms with E-state index in [1.54, 1.807) is 0 Å². The molecule has 0 aliphatic rings. The number of likely N-dealkylation sites (N-methyl/N-ethyl adjacent to an activating group) is 1. The highest BCUT2D eigenvalue weighted by atomic mass is 16.5. The number of allylic oxidation sites excluding steroid dienone is 2. The molecule has 0 unspecified atom stereocenters. The minimum absolute atomic E-state index is 0.275. The minimum Gasteiger partial charge on any atom is -0.477 e. The lowest BCUT2D eigenvalue weighted by Gasteiger charge is -2.23. The first-order valence-electron chi connectivity index (χ1n) is 6.84. The summed E-state index contributed by atoms with van der Waals surface area (Å²) in [6.07, 6.45) is 4.39. The highest BCUT2D eigenvalue weighted by Gasteiger charge is 2.10. The molecule has 0 saturated heterocycles. The summed E-state index contributed by atoms with van der Waals surface area (Å²) in [5, 5.41) is 3.30. The summed E-state index contributed by atoms with van der Waals surface area (Å²) in [7, 11) is 3.97. The van der Waals surface area contributed by atoms with E-state index in [0.29, 0.717) is 13.0 Å². The van der Waals surface area contributed by atoms with Gasteiger partial charge in [-0.3, -0.25) is 0 Å². The van der Waals surface area contributed by atoms with Gasteiger partial charge >= 0.3 is 0 Å². The summed E-state index contributed by atoms with van der Waals surface area (Å²) < 4.78 is 5.71. The number of carbonyl (C=O) groups excluding carboxylic acids is 1. The summed E-state index contributed by atoms with van der Waals surface area (Å²) in [5.74, 6) is 0.731. The quantitative estimate of drug-likeness (QED) is 0.302. The van der Waals surface area contributed by atoms with Crippen LogP contribution in [0.1, 0.15) is 40.5 Å². The lowest BCUT2D eigenvalue weighted by Crippen LogP contribution is -2.28. The van der Waals surface area contributed by atoms with Gasteiger partial charge in [0.15, 0.2) is 0 Å². The molecule has 0 aromatic heterocycles. The van der Waals surface area contributed by atoms with Crippen molar-refractivity contribution in [3.05, 3.63) is 23.2 Å². The molecule has 19 heavy (non-hydrogen) atoms. The van der Waals surface area contributed by atoms with E-state index in [4.69, 9.17) is 4.74 Å². The van der Waals surface area contributed by atoms with Crippen LogP contribution in [0.3, 0.4) is 0 Å². The topological polar surface area (TPSA) is 41.6 Å². The lowest BCUT2D eigenvalue weighted by atomic mass is 10.2. The van der Waals surface area contributed by atoms with Crippen molar-refractivity contribution >= 4 is 6.29 Å². The van der Waals surface area contributed by atoms with E-state index >= 15 is 0 Å². The van der Waals surface area contributed by atoms with E-state index in [1.165, 1.54) is 5.57 Å². The molecule has 4 heteroatoms. The molecular weight excluding hydrogens is 240 g/mol. The summed E-state index contributed by atoms with van der Waals surface area (Å²) in [4.78, 5) is 12.4. The van der Waals surface area contributed by atoms with Gasteiger partial charge in [-0.25, -0.2) is 0 Å². The Morgan fingerprint density at radius 3 is 2.42 bits per heavy atom. The van der Waals surface area contributed by atoms with Crippen LogP contribution in [-0.4, -0.2) is 37.9 Å². The van der Waals surface area contributed by atoms with Crippen molar-refractivity contribution in [2.45, 2.75) is 46.6 Å². The molecule has 1 N–H and O–H groups in total. The van der Waals surface area contributed by atoms with Gasteiger partial charge in [-0.1, -0.05) is 12.5 Å². The van der Waals surface area contributed by atoms with Crippen LogP contribution in [0.25, 0.3) is 0 Å². The van der Waals surface area contributed by atoms with E-state index in [9.17, 15) is 4.79 Å². The molecular formula is C15H28N2O2. The molecule has 0 radical (unpaired) electrons. The molecule has 0 aliphatic carbocycles. The van der Waals surface area contributed by atoms with Crippen LogP contribution in [0.15, 0.2) is 23.2 Å². The third kappa shape index (κ3) is 7.54. The smallest absolute Gasteiger partial charge is 0.211 e. The third-order valence-electron chi connectivity index (χ3n) is 2.56. The number of hydrogen-bond acceptors (Lipinski definition) is 4. The number of nitrogens with one attached hydrogen (secondary N) is 1. The van der Waals surface area contributed by atoms with E-state index in [2.05, 4.69) is 39.1 Å². The fourth-order valence-corrected chi connectivity index (χ4v) is 1.39. The Labute approximate surface area is 117 Å². The SMILES string of the molecule is CC/C(C)=C/C(=C(\NC(C)C)OCCC=O)N(C)C. The fraction of sp³-hybridized carbons (Fsp3) is 0.667. The molecule has 0 aliphatic heterocycles. The Hall–Kier alpha value is -1.45. The predicted molar refractivity (Wildman–Crippen MR) is 79.7 cm³/mol. The normalized spacial score (nSPS) is 13.1. The van der Waals surface area contributed by atoms with E-state index in [-0.39, 0.29) is 6.04 Å². The molecule has 0 aromatic rings. The third-order valence-corrected chi connectivity index (χ3v) is 2.56. The van der Waals surface area contributed by atoms with Gasteiger partial charge in [0.1, 0.15) is 6.29 Å².